The molecule has 1 aliphatic heterocycles. The first kappa shape index (κ1) is 21.5. The molecule has 0 saturated carbocycles. The van der Waals surface area contributed by atoms with Crippen molar-refractivity contribution < 1.29 is 24.1 Å². The molecular weight excluding hydrogens is 386 g/mol. The molecule has 0 bridgehead atoms. The molecule has 1 fully saturated rings. The summed E-state index contributed by atoms with van der Waals surface area (Å²) in [6, 6.07) is 15.6. The van der Waals surface area contributed by atoms with Crippen LogP contribution in [0.25, 0.3) is 0 Å². The van der Waals surface area contributed by atoms with Crippen LogP contribution in [-0.4, -0.2) is 65.1 Å². The van der Waals surface area contributed by atoms with E-state index in [2.05, 4.69) is 5.32 Å². The lowest BCUT2D eigenvalue weighted by molar-refractivity contribution is -1.01. The van der Waals surface area contributed by atoms with Gasteiger partial charge in [0.05, 0.1) is 12.8 Å². The normalized spacial score (nSPS) is 18.8. The van der Waals surface area contributed by atoms with E-state index in [-0.39, 0.29) is 5.91 Å². The third-order valence-electron chi connectivity index (χ3n) is 5.24. The number of hydrogen-bond donors (Lipinski definition) is 3. The molecule has 6 nitrogen and oxygen atoms in total. The summed E-state index contributed by atoms with van der Waals surface area (Å²) in [6.45, 7) is 6.35. The second kappa shape index (κ2) is 11.1. The van der Waals surface area contributed by atoms with Crippen molar-refractivity contribution in [3.63, 3.8) is 0 Å². The Kier molecular flexibility index (Phi) is 8.22. The number of carbonyl (C=O) groups is 1. The number of carbonyl (C=O) groups excluding carboxylic acids is 1. The molecular formula is C22H31N3O3S+2. The summed E-state index contributed by atoms with van der Waals surface area (Å²) in [5, 5.41) is 3.06. The monoisotopic (exact) mass is 417 g/mol. The van der Waals surface area contributed by atoms with Crippen molar-refractivity contribution in [1.82, 2.24) is 0 Å². The second-order valence-electron chi connectivity index (χ2n) is 7.20. The predicted molar refractivity (Wildman–Crippen MR) is 116 cm³/mol. The summed E-state index contributed by atoms with van der Waals surface area (Å²) in [6.07, 6.45) is 2.02. The number of ether oxygens (including phenoxy) is 2. The van der Waals surface area contributed by atoms with E-state index < -0.39 is 0 Å². The highest BCUT2D eigenvalue weighted by atomic mass is 32.2. The Morgan fingerprint density at radius 3 is 2.34 bits per heavy atom. The van der Waals surface area contributed by atoms with Gasteiger partial charge in [0.1, 0.15) is 50.8 Å². The number of anilines is 1. The number of amides is 1. The van der Waals surface area contributed by atoms with E-state index in [1.54, 1.807) is 18.9 Å². The number of rotatable bonds is 9. The van der Waals surface area contributed by atoms with Gasteiger partial charge in [-0.05, 0) is 42.7 Å². The van der Waals surface area contributed by atoms with Crippen molar-refractivity contribution in [2.24, 2.45) is 0 Å². The van der Waals surface area contributed by atoms with E-state index in [9.17, 15) is 4.79 Å². The molecule has 7 heteroatoms. The zero-order chi connectivity index (χ0) is 20.5. The summed E-state index contributed by atoms with van der Waals surface area (Å²) in [4.78, 5) is 16.4. The molecule has 0 atom stereocenters. The van der Waals surface area contributed by atoms with Gasteiger partial charge in [-0.25, -0.2) is 0 Å². The van der Waals surface area contributed by atoms with E-state index >= 15 is 0 Å². The number of para-hydroxylation sites is 1. The Balaban J connectivity index is 1.35. The van der Waals surface area contributed by atoms with Crippen LogP contribution in [0, 0.1) is 0 Å². The Morgan fingerprint density at radius 2 is 1.66 bits per heavy atom. The third kappa shape index (κ3) is 6.66. The van der Waals surface area contributed by atoms with Crippen molar-refractivity contribution in [3.8, 4) is 11.5 Å². The minimum atomic E-state index is 0.0905. The van der Waals surface area contributed by atoms with Crippen molar-refractivity contribution in [3.05, 3.63) is 48.5 Å². The molecule has 156 valence electrons. The van der Waals surface area contributed by atoms with Crippen LogP contribution in [0.4, 0.5) is 5.69 Å². The first-order valence-corrected chi connectivity index (χ1v) is 11.3. The Hall–Kier alpha value is -2.22. The molecule has 0 radical (unpaired) electrons. The van der Waals surface area contributed by atoms with E-state index in [1.165, 1.54) is 9.80 Å². The number of piperazine rings is 1. The predicted octanol–water partition coefficient (Wildman–Crippen LogP) is 0.218. The smallest absolute Gasteiger partial charge is 0.279 e. The lowest BCUT2D eigenvalue weighted by Gasteiger charge is -2.29. The van der Waals surface area contributed by atoms with E-state index in [1.807, 2.05) is 54.8 Å². The number of thioether (sulfide) groups is 1. The van der Waals surface area contributed by atoms with Crippen LogP contribution >= 0.6 is 11.8 Å². The molecule has 0 aromatic heterocycles. The maximum Gasteiger partial charge on any atom is 0.279 e. The average Bonchev–Trinajstić information content (AvgIpc) is 2.76. The lowest BCUT2D eigenvalue weighted by atomic mass is 10.3. The molecule has 0 spiro atoms. The maximum atomic E-state index is 12.4. The molecule has 2 aromatic carbocycles. The standard InChI is InChI=1S/C22H29N3O3S/c1-27-18-7-9-19(10-8-18)28-16-15-24-11-13-25(14-12-24)17-22(26)23-20-5-3-4-6-21(20)29-2/h3-10H,11-17H2,1-2H3,(H,23,26)/p+2. The summed E-state index contributed by atoms with van der Waals surface area (Å²) in [5.74, 6) is 1.80. The van der Waals surface area contributed by atoms with E-state index in [0.29, 0.717) is 13.2 Å². The van der Waals surface area contributed by atoms with Crippen LogP contribution in [0.15, 0.2) is 53.4 Å². The molecule has 1 aliphatic rings. The van der Waals surface area contributed by atoms with Crippen LogP contribution in [0.3, 0.4) is 0 Å². The van der Waals surface area contributed by atoms with Crippen LogP contribution in [0.5, 0.6) is 11.5 Å². The van der Waals surface area contributed by atoms with Gasteiger partial charge >= 0.3 is 0 Å². The molecule has 29 heavy (non-hydrogen) atoms. The largest absolute Gasteiger partial charge is 0.497 e. The fourth-order valence-electron chi connectivity index (χ4n) is 3.54. The maximum absolute atomic E-state index is 12.4. The van der Waals surface area contributed by atoms with Gasteiger partial charge in [-0.1, -0.05) is 12.1 Å². The zero-order valence-electron chi connectivity index (χ0n) is 17.2. The summed E-state index contributed by atoms with van der Waals surface area (Å²) >= 11 is 1.65. The van der Waals surface area contributed by atoms with Crippen LogP contribution < -0.4 is 24.6 Å². The van der Waals surface area contributed by atoms with Crippen molar-refractivity contribution in [1.29, 1.82) is 0 Å². The molecule has 1 saturated heterocycles. The zero-order valence-corrected chi connectivity index (χ0v) is 18.0. The Morgan fingerprint density at radius 1 is 1.00 bits per heavy atom. The highest BCUT2D eigenvalue weighted by Gasteiger charge is 2.24. The number of hydrogen-bond acceptors (Lipinski definition) is 4. The van der Waals surface area contributed by atoms with Crippen molar-refractivity contribution in [2.45, 2.75) is 4.90 Å². The highest BCUT2D eigenvalue weighted by molar-refractivity contribution is 7.98. The third-order valence-corrected chi connectivity index (χ3v) is 6.04. The van der Waals surface area contributed by atoms with E-state index in [4.69, 9.17) is 9.47 Å². The van der Waals surface area contributed by atoms with Gasteiger partial charge in [0.15, 0.2) is 6.54 Å². The fourth-order valence-corrected chi connectivity index (χ4v) is 4.09. The topological polar surface area (TPSA) is 56.4 Å². The van der Waals surface area contributed by atoms with Gasteiger partial charge in [0, 0.05) is 4.90 Å². The minimum absolute atomic E-state index is 0.0905. The number of methoxy groups -OCH3 is 1. The first-order valence-electron chi connectivity index (χ1n) is 10.0. The Bertz CT molecular complexity index is 777. The van der Waals surface area contributed by atoms with Crippen LogP contribution in [0.1, 0.15) is 0 Å². The second-order valence-corrected chi connectivity index (χ2v) is 8.05. The Labute approximate surface area is 177 Å². The summed E-state index contributed by atoms with van der Waals surface area (Å²) in [5.41, 5.74) is 0.907. The van der Waals surface area contributed by atoms with Crippen LogP contribution in [-0.2, 0) is 4.79 Å². The molecule has 0 unspecified atom stereocenters. The molecule has 0 aliphatic carbocycles. The summed E-state index contributed by atoms with van der Waals surface area (Å²) < 4.78 is 11.0. The molecule has 2 aromatic rings. The molecule has 1 amide bonds. The van der Waals surface area contributed by atoms with Gasteiger partial charge in [-0.3, -0.25) is 4.79 Å². The van der Waals surface area contributed by atoms with Crippen LogP contribution in [0.2, 0.25) is 0 Å². The average molecular weight is 418 g/mol. The number of nitrogens with one attached hydrogen (secondary N) is 3. The van der Waals surface area contributed by atoms with Gasteiger partial charge < -0.3 is 24.6 Å². The van der Waals surface area contributed by atoms with Gasteiger partial charge in [-0.2, -0.15) is 0 Å². The van der Waals surface area contributed by atoms with Crippen molar-refractivity contribution in [2.75, 3.05) is 64.6 Å². The SMILES string of the molecule is COc1ccc(OCC[NH+]2CC[NH+](CC(=O)Nc3ccccc3SC)CC2)cc1. The molecule has 1 heterocycles. The van der Waals surface area contributed by atoms with Crippen molar-refractivity contribution >= 4 is 23.4 Å². The fraction of sp³-hybridized carbons (Fsp3) is 0.409. The minimum Gasteiger partial charge on any atom is -0.497 e. The molecule has 3 rings (SSSR count). The van der Waals surface area contributed by atoms with Gasteiger partial charge in [0.25, 0.3) is 5.91 Å². The highest BCUT2D eigenvalue weighted by Crippen LogP contribution is 2.24. The quantitative estimate of drug-likeness (QED) is 0.511. The summed E-state index contributed by atoms with van der Waals surface area (Å²) in [7, 11) is 1.66. The van der Waals surface area contributed by atoms with Gasteiger partial charge in [0.2, 0.25) is 0 Å². The number of benzene rings is 2. The first-order chi connectivity index (χ1) is 14.2. The van der Waals surface area contributed by atoms with E-state index in [0.717, 1.165) is 54.8 Å². The van der Waals surface area contributed by atoms with Gasteiger partial charge in [-0.15, -0.1) is 11.8 Å². The number of quaternary nitrogens is 2. The molecule has 3 N–H and O–H groups in total. The lowest BCUT2D eigenvalue weighted by Crippen LogP contribution is -3.28.